The van der Waals surface area contributed by atoms with E-state index in [-0.39, 0.29) is 5.78 Å². The molecular weight excluding hydrogens is 180 g/mol. The van der Waals surface area contributed by atoms with Crippen LogP contribution in [0.25, 0.3) is 0 Å². The Hall–Kier alpha value is -0.860. The topological polar surface area (TPSA) is 43.4 Å². The van der Waals surface area contributed by atoms with Crippen molar-refractivity contribution in [2.24, 2.45) is 0 Å². The lowest BCUT2D eigenvalue weighted by Gasteiger charge is -2.02. The molecule has 0 unspecified atom stereocenters. The minimum atomic E-state index is -0.658. The molecule has 0 amide bonds. The summed E-state index contributed by atoms with van der Waals surface area (Å²) in [5, 5.41) is 0. The summed E-state index contributed by atoms with van der Waals surface area (Å²) < 4.78 is 4.81. The minimum Gasteiger partial charge on any atom is -0.460 e. The fourth-order valence-electron chi connectivity index (χ4n) is 1.04. The highest BCUT2D eigenvalue weighted by molar-refractivity contribution is 6.33. The zero-order chi connectivity index (χ0) is 10.8. The van der Waals surface area contributed by atoms with Gasteiger partial charge >= 0.3 is 5.97 Å². The van der Waals surface area contributed by atoms with Crippen molar-refractivity contribution in [2.45, 2.75) is 52.4 Å². The predicted octanol–water partition coefficient (Wildman–Crippen LogP) is 2.48. The molecule has 0 bridgehead atoms. The van der Waals surface area contributed by atoms with Crippen molar-refractivity contribution >= 4 is 11.8 Å². The van der Waals surface area contributed by atoms with Gasteiger partial charge in [-0.1, -0.05) is 33.1 Å². The number of hydrogen-bond donors (Lipinski definition) is 0. The number of esters is 1. The second-order valence-electron chi connectivity index (χ2n) is 3.37. The Kier molecular flexibility index (Phi) is 8.19. The molecule has 82 valence electrons. The lowest BCUT2D eigenvalue weighted by atomic mass is 10.2. The monoisotopic (exact) mass is 200 g/mol. The summed E-state index contributed by atoms with van der Waals surface area (Å²) in [6, 6.07) is 0. The van der Waals surface area contributed by atoms with E-state index in [1.165, 1.54) is 0 Å². The number of ketones is 1. The lowest BCUT2D eigenvalue weighted by molar-refractivity contribution is -0.154. The molecule has 0 spiro atoms. The predicted molar refractivity (Wildman–Crippen MR) is 55.0 cm³/mol. The quantitative estimate of drug-likeness (QED) is 0.343. The first kappa shape index (κ1) is 13.1. The Balaban J connectivity index is 3.47. The van der Waals surface area contributed by atoms with Gasteiger partial charge in [0.25, 0.3) is 0 Å². The van der Waals surface area contributed by atoms with Gasteiger partial charge in [-0.05, 0) is 12.8 Å². The van der Waals surface area contributed by atoms with Gasteiger partial charge < -0.3 is 4.74 Å². The molecule has 0 rings (SSSR count). The van der Waals surface area contributed by atoms with Crippen LogP contribution in [0.5, 0.6) is 0 Å². The van der Waals surface area contributed by atoms with Gasteiger partial charge in [-0.15, -0.1) is 0 Å². The summed E-state index contributed by atoms with van der Waals surface area (Å²) in [5.41, 5.74) is 0. The van der Waals surface area contributed by atoms with Gasteiger partial charge in [-0.3, -0.25) is 4.79 Å². The molecule has 3 nitrogen and oxygen atoms in total. The van der Waals surface area contributed by atoms with Gasteiger partial charge in [0.05, 0.1) is 6.61 Å². The van der Waals surface area contributed by atoms with Gasteiger partial charge in [0, 0.05) is 6.42 Å². The Bertz CT molecular complexity index is 175. The molecule has 0 N–H and O–H groups in total. The summed E-state index contributed by atoms with van der Waals surface area (Å²) in [4.78, 5) is 22.1. The van der Waals surface area contributed by atoms with Crippen molar-refractivity contribution in [2.75, 3.05) is 6.61 Å². The molecule has 3 heteroatoms. The van der Waals surface area contributed by atoms with Crippen LogP contribution in [0.3, 0.4) is 0 Å². The molecular formula is C11H20O3. The SMILES string of the molecule is CCCCCOC(=O)C(=O)CCCC. The van der Waals surface area contributed by atoms with E-state index in [0.29, 0.717) is 13.0 Å². The van der Waals surface area contributed by atoms with E-state index in [1.807, 2.05) is 6.92 Å². The second kappa shape index (κ2) is 8.73. The van der Waals surface area contributed by atoms with Crippen molar-refractivity contribution in [1.82, 2.24) is 0 Å². The van der Waals surface area contributed by atoms with E-state index in [1.54, 1.807) is 0 Å². The highest BCUT2D eigenvalue weighted by Gasteiger charge is 2.13. The van der Waals surface area contributed by atoms with E-state index in [9.17, 15) is 9.59 Å². The maximum Gasteiger partial charge on any atom is 0.374 e. The number of carbonyl (C=O) groups excluding carboxylic acids is 2. The van der Waals surface area contributed by atoms with E-state index < -0.39 is 5.97 Å². The molecule has 0 aliphatic carbocycles. The maximum atomic E-state index is 11.1. The van der Waals surface area contributed by atoms with Crippen LogP contribution in [-0.2, 0) is 14.3 Å². The van der Waals surface area contributed by atoms with Crippen LogP contribution >= 0.6 is 0 Å². The van der Waals surface area contributed by atoms with Gasteiger partial charge in [-0.25, -0.2) is 4.79 Å². The van der Waals surface area contributed by atoms with Crippen molar-refractivity contribution in [3.8, 4) is 0 Å². The number of hydrogen-bond acceptors (Lipinski definition) is 3. The molecule has 0 aromatic carbocycles. The third-order valence-corrected chi connectivity index (χ3v) is 1.97. The zero-order valence-electron chi connectivity index (χ0n) is 9.17. The van der Waals surface area contributed by atoms with Gasteiger partial charge in [-0.2, -0.15) is 0 Å². The van der Waals surface area contributed by atoms with Gasteiger partial charge in [0.15, 0.2) is 0 Å². The van der Waals surface area contributed by atoms with Crippen LogP contribution in [0.2, 0.25) is 0 Å². The highest BCUT2D eigenvalue weighted by atomic mass is 16.5. The third kappa shape index (κ3) is 6.63. The molecule has 0 saturated heterocycles. The van der Waals surface area contributed by atoms with E-state index in [2.05, 4.69) is 6.92 Å². The standard InChI is InChI=1S/C11H20O3/c1-3-5-7-9-14-11(13)10(12)8-6-4-2/h3-9H2,1-2H3. The molecule has 0 atom stereocenters. The van der Waals surface area contributed by atoms with Crippen LogP contribution in [-0.4, -0.2) is 18.4 Å². The Morgan fingerprint density at radius 3 is 2.21 bits per heavy atom. The molecule has 0 aromatic heterocycles. The normalized spacial score (nSPS) is 9.86. The summed E-state index contributed by atoms with van der Waals surface area (Å²) in [5.74, 6) is -1.04. The molecule has 0 saturated carbocycles. The first-order valence-electron chi connectivity index (χ1n) is 5.42. The molecule has 14 heavy (non-hydrogen) atoms. The highest BCUT2D eigenvalue weighted by Crippen LogP contribution is 1.99. The fraction of sp³-hybridized carbons (Fsp3) is 0.818. The number of Topliss-reactive ketones (excluding diaryl/α,β-unsaturated/α-hetero) is 1. The summed E-state index contributed by atoms with van der Waals surface area (Å²) in [6.45, 7) is 4.44. The second-order valence-corrected chi connectivity index (χ2v) is 3.37. The average molecular weight is 200 g/mol. The van der Waals surface area contributed by atoms with E-state index in [4.69, 9.17) is 4.74 Å². The van der Waals surface area contributed by atoms with Crippen molar-refractivity contribution in [3.05, 3.63) is 0 Å². The van der Waals surface area contributed by atoms with Crippen molar-refractivity contribution in [1.29, 1.82) is 0 Å². The number of unbranched alkanes of at least 4 members (excludes halogenated alkanes) is 3. The van der Waals surface area contributed by atoms with Crippen LogP contribution in [0.1, 0.15) is 52.4 Å². The fourth-order valence-corrected chi connectivity index (χ4v) is 1.04. The first-order valence-corrected chi connectivity index (χ1v) is 5.42. The Morgan fingerprint density at radius 1 is 1.00 bits per heavy atom. The van der Waals surface area contributed by atoms with Crippen molar-refractivity contribution < 1.29 is 14.3 Å². The number of carbonyl (C=O) groups is 2. The third-order valence-electron chi connectivity index (χ3n) is 1.97. The molecule has 0 aliphatic heterocycles. The first-order chi connectivity index (χ1) is 6.72. The zero-order valence-corrected chi connectivity index (χ0v) is 9.17. The maximum absolute atomic E-state index is 11.1. The van der Waals surface area contributed by atoms with Crippen LogP contribution in [0, 0.1) is 0 Å². The smallest absolute Gasteiger partial charge is 0.374 e. The lowest BCUT2D eigenvalue weighted by Crippen LogP contribution is -2.17. The summed E-state index contributed by atoms with van der Waals surface area (Å²) in [6.07, 6.45) is 4.99. The summed E-state index contributed by atoms with van der Waals surface area (Å²) in [7, 11) is 0. The minimum absolute atomic E-state index is 0.323. The molecule has 0 heterocycles. The molecule has 0 fully saturated rings. The van der Waals surface area contributed by atoms with Crippen LogP contribution < -0.4 is 0 Å². The van der Waals surface area contributed by atoms with E-state index in [0.717, 1.165) is 32.1 Å². The Morgan fingerprint density at radius 2 is 1.64 bits per heavy atom. The van der Waals surface area contributed by atoms with Gasteiger partial charge in [0.1, 0.15) is 0 Å². The van der Waals surface area contributed by atoms with Crippen LogP contribution in [0.15, 0.2) is 0 Å². The van der Waals surface area contributed by atoms with Crippen LogP contribution in [0.4, 0.5) is 0 Å². The summed E-state index contributed by atoms with van der Waals surface area (Å²) >= 11 is 0. The van der Waals surface area contributed by atoms with Crippen molar-refractivity contribution in [3.63, 3.8) is 0 Å². The Labute approximate surface area is 85.8 Å². The molecule has 0 aliphatic rings. The molecule has 0 radical (unpaired) electrons. The molecule has 0 aromatic rings. The number of ether oxygens (including phenoxy) is 1. The van der Waals surface area contributed by atoms with E-state index >= 15 is 0 Å². The largest absolute Gasteiger partial charge is 0.460 e. The number of rotatable bonds is 8. The average Bonchev–Trinajstić information content (AvgIpc) is 2.20. The van der Waals surface area contributed by atoms with Gasteiger partial charge in [0.2, 0.25) is 5.78 Å².